The Morgan fingerprint density at radius 3 is 1.91 bits per heavy atom. The highest BCUT2D eigenvalue weighted by Gasteiger charge is 2.11. The average Bonchev–Trinajstić information content (AvgIpc) is 2.77. The first-order valence-electron chi connectivity index (χ1n) is 13.0. The average molecular weight is 542 g/mol. The van der Waals surface area contributed by atoms with Gasteiger partial charge in [-0.3, -0.25) is 10.1 Å². The number of halogens is 1. The van der Waals surface area contributed by atoms with Gasteiger partial charge in [0.1, 0.15) is 5.75 Å². The zero-order valence-corrected chi connectivity index (χ0v) is 23.4. The molecule has 1 aromatic carbocycles. The standard InChI is InChI=1S/C27H45BrN2O2S/c1-4-5-6-7-8-9-10-11-12-13-14-15-16-17-20-29-27(33)30-26(31)23-18-19-25(24(28)21-23)32-22(2)3/h18-19,21-22H,4-17,20H2,1-3H3,(H2,29,30,31,33). The van der Waals surface area contributed by atoms with Gasteiger partial charge in [-0.15, -0.1) is 0 Å². The lowest BCUT2D eigenvalue weighted by Crippen LogP contribution is -2.39. The maximum atomic E-state index is 12.4. The molecule has 0 aliphatic rings. The molecule has 1 rings (SSSR count). The van der Waals surface area contributed by atoms with Crippen molar-refractivity contribution in [3.8, 4) is 5.75 Å². The van der Waals surface area contributed by atoms with Gasteiger partial charge in [0.25, 0.3) is 5.91 Å². The molecule has 0 aliphatic carbocycles. The summed E-state index contributed by atoms with van der Waals surface area (Å²) < 4.78 is 6.44. The van der Waals surface area contributed by atoms with Crippen LogP contribution in [0.5, 0.6) is 5.75 Å². The number of unbranched alkanes of at least 4 members (excludes halogenated alkanes) is 13. The lowest BCUT2D eigenvalue weighted by atomic mass is 10.0. The second kappa shape index (κ2) is 19.2. The van der Waals surface area contributed by atoms with Crippen LogP contribution in [0.2, 0.25) is 0 Å². The molecule has 0 aromatic heterocycles. The third kappa shape index (κ3) is 15.4. The Kier molecular flexibility index (Phi) is 17.4. The van der Waals surface area contributed by atoms with E-state index in [1.807, 2.05) is 13.8 Å². The van der Waals surface area contributed by atoms with Crippen molar-refractivity contribution in [3.05, 3.63) is 28.2 Å². The molecule has 0 radical (unpaired) electrons. The molecule has 0 bridgehead atoms. The van der Waals surface area contributed by atoms with Gasteiger partial charge < -0.3 is 10.1 Å². The Morgan fingerprint density at radius 2 is 1.42 bits per heavy atom. The van der Waals surface area contributed by atoms with E-state index in [4.69, 9.17) is 17.0 Å². The Morgan fingerprint density at radius 1 is 0.909 bits per heavy atom. The van der Waals surface area contributed by atoms with Crippen LogP contribution < -0.4 is 15.4 Å². The van der Waals surface area contributed by atoms with E-state index in [0.29, 0.717) is 10.7 Å². The van der Waals surface area contributed by atoms with Crippen molar-refractivity contribution in [2.75, 3.05) is 6.54 Å². The number of amides is 1. The Bertz CT molecular complexity index is 682. The summed E-state index contributed by atoms with van der Waals surface area (Å²) in [6.07, 6.45) is 18.9. The largest absolute Gasteiger partial charge is 0.490 e. The van der Waals surface area contributed by atoms with Crippen molar-refractivity contribution in [1.82, 2.24) is 10.6 Å². The van der Waals surface area contributed by atoms with Gasteiger partial charge in [0.15, 0.2) is 5.11 Å². The smallest absolute Gasteiger partial charge is 0.257 e. The Balaban J connectivity index is 2.02. The number of rotatable bonds is 18. The van der Waals surface area contributed by atoms with Crippen molar-refractivity contribution in [1.29, 1.82) is 0 Å². The number of carbonyl (C=O) groups excluding carboxylic acids is 1. The number of ether oxygens (including phenoxy) is 1. The molecule has 0 atom stereocenters. The summed E-state index contributed by atoms with van der Waals surface area (Å²) in [5.41, 5.74) is 0.540. The van der Waals surface area contributed by atoms with Crippen molar-refractivity contribution in [3.63, 3.8) is 0 Å². The number of thiocarbonyl (C=S) groups is 1. The summed E-state index contributed by atoms with van der Waals surface area (Å²) in [6, 6.07) is 5.29. The van der Waals surface area contributed by atoms with E-state index < -0.39 is 0 Å². The highest BCUT2D eigenvalue weighted by atomic mass is 79.9. The molecule has 0 fully saturated rings. The fourth-order valence-electron chi connectivity index (χ4n) is 3.73. The summed E-state index contributed by atoms with van der Waals surface area (Å²) in [6.45, 7) is 7.00. The molecule has 6 heteroatoms. The second-order valence-electron chi connectivity index (χ2n) is 9.12. The molecule has 0 saturated carbocycles. The zero-order valence-electron chi connectivity index (χ0n) is 21.0. The van der Waals surface area contributed by atoms with Crippen LogP contribution in [-0.2, 0) is 0 Å². The maximum Gasteiger partial charge on any atom is 0.257 e. The Hall–Kier alpha value is -1.14. The molecule has 0 spiro atoms. The predicted octanol–water partition coefficient (Wildman–Crippen LogP) is 8.32. The minimum absolute atomic E-state index is 0.0765. The molecule has 33 heavy (non-hydrogen) atoms. The van der Waals surface area contributed by atoms with Gasteiger partial charge in [0.05, 0.1) is 10.6 Å². The fourth-order valence-corrected chi connectivity index (χ4v) is 4.40. The van der Waals surface area contributed by atoms with E-state index in [-0.39, 0.29) is 12.0 Å². The van der Waals surface area contributed by atoms with E-state index in [1.165, 1.54) is 83.5 Å². The molecule has 1 aromatic rings. The maximum absolute atomic E-state index is 12.4. The quantitative estimate of drug-likeness (QED) is 0.145. The molecule has 4 nitrogen and oxygen atoms in total. The molecule has 1 amide bonds. The molecule has 0 aliphatic heterocycles. The summed E-state index contributed by atoms with van der Waals surface area (Å²) in [5, 5.41) is 6.28. The van der Waals surface area contributed by atoms with Crippen LogP contribution in [0.15, 0.2) is 22.7 Å². The van der Waals surface area contributed by atoms with E-state index in [1.54, 1.807) is 18.2 Å². The third-order valence-corrected chi connectivity index (χ3v) is 6.47. The van der Waals surface area contributed by atoms with Crippen LogP contribution >= 0.6 is 28.1 Å². The fraction of sp³-hybridized carbons (Fsp3) is 0.704. The molecule has 0 saturated heterocycles. The molecule has 0 heterocycles. The molecule has 0 unspecified atom stereocenters. The predicted molar refractivity (Wildman–Crippen MR) is 148 cm³/mol. The van der Waals surface area contributed by atoms with Crippen molar-refractivity contribution < 1.29 is 9.53 Å². The van der Waals surface area contributed by atoms with Crippen LogP contribution in [0, 0.1) is 0 Å². The van der Waals surface area contributed by atoms with Crippen LogP contribution in [0.4, 0.5) is 0 Å². The van der Waals surface area contributed by atoms with E-state index in [0.717, 1.165) is 23.2 Å². The van der Waals surface area contributed by atoms with Crippen LogP contribution in [0.1, 0.15) is 121 Å². The first-order valence-corrected chi connectivity index (χ1v) is 14.2. The lowest BCUT2D eigenvalue weighted by Gasteiger charge is -2.13. The third-order valence-electron chi connectivity index (χ3n) is 5.60. The normalized spacial score (nSPS) is 10.9. The summed E-state index contributed by atoms with van der Waals surface area (Å²) in [5.74, 6) is 0.505. The first kappa shape index (κ1) is 29.9. The topological polar surface area (TPSA) is 50.4 Å². The second-order valence-corrected chi connectivity index (χ2v) is 10.4. The number of benzene rings is 1. The van der Waals surface area contributed by atoms with Crippen molar-refractivity contribution in [2.24, 2.45) is 0 Å². The minimum Gasteiger partial charge on any atom is -0.490 e. The van der Waals surface area contributed by atoms with Gasteiger partial charge in [-0.1, -0.05) is 90.4 Å². The van der Waals surface area contributed by atoms with E-state index in [2.05, 4.69) is 33.5 Å². The van der Waals surface area contributed by atoms with Crippen LogP contribution in [0.3, 0.4) is 0 Å². The van der Waals surface area contributed by atoms with Gasteiger partial charge >= 0.3 is 0 Å². The lowest BCUT2D eigenvalue weighted by molar-refractivity contribution is 0.0976. The highest BCUT2D eigenvalue weighted by molar-refractivity contribution is 9.10. The van der Waals surface area contributed by atoms with Gasteiger partial charge in [-0.25, -0.2) is 0 Å². The van der Waals surface area contributed by atoms with Crippen molar-refractivity contribution >= 4 is 39.2 Å². The van der Waals surface area contributed by atoms with Crippen LogP contribution in [0.25, 0.3) is 0 Å². The summed E-state index contributed by atoms with van der Waals surface area (Å²) in [7, 11) is 0. The first-order chi connectivity index (χ1) is 15.9. The molecular weight excluding hydrogens is 496 g/mol. The number of hydrogen-bond donors (Lipinski definition) is 2. The highest BCUT2D eigenvalue weighted by Crippen LogP contribution is 2.27. The van der Waals surface area contributed by atoms with Gasteiger partial charge in [0, 0.05) is 12.1 Å². The van der Waals surface area contributed by atoms with E-state index in [9.17, 15) is 4.79 Å². The molecule has 188 valence electrons. The van der Waals surface area contributed by atoms with Gasteiger partial charge in [0.2, 0.25) is 0 Å². The summed E-state index contributed by atoms with van der Waals surface area (Å²) >= 11 is 8.73. The minimum atomic E-state index is -0.217. The van der Waals surface area contributed by atoms with Crippen LogP contribution in [-0.4, -0.2) is 23.7 Å². The Labute approximate surface area is 216 Å². The monoisotopic (exact) mass is 540 g/mol. The van der Waals surface area contributed by atoms with Gasteiger partial charge in [-0.2, -0.15) is 0 Å². The number of nitrogens with one attached hydrogen (secondary N) is 2. The number of hydrogen-bond acceptors (Lipinski definition) is 3. The summed E-state index contributed by atoms with van der Waals surface area (Å²) in [4.78, 5) is 12.4. The SMILES string of the molecule is CCCCCCCCCCCCCCCCNC(=S)NC(=O)c1ccc(OC(C)C)c(Br)c1. The number of carbonyl (C=O) groups is 1. The zero-order chi connectivity index (χ0) is 24.3. The molecular formula is C27H45BrN2O2S. The van der Waals surface area contributed by atoms with E-state index >= 15 is 0 Å². The molecule has 2 N–H and O–H groups in total. The van der Waals surface area contributed by atoms with Gasteiger partial charge in [-0.05, 0) is 66.6 Å². The van der Waals surface area contributed by atoms with Crippen molar-refractivity contribution in [2.45, 2.75) is 117 Å².